The van der Waals surface area contributed by atoms with E-state index in [2.05, 4.69) is 24.3 Å². The molecular weight excluding hydrogens is 308 g/mol. The Kier molecular flexibility index (Phi) is 7.99. The molecule has 0 bridgehead atoms. The van der Waals surface area contributed by atoms with Crippen molar-refractivity contribution < 1.29 is 9.47 Å². The SMILES string of the molecule is c1cc(OC2CCCCCCC2)ccc1OCC1CCCCCCC1. The van der Waals surface area contributed by atoms with Crippen LogP contribution in [-0.4, -0.2) is 12.7 Å². The van der Waals surface area contributed by atoms with Gasteiger partial charge in [0.05, 0.1) is 12.7 Å². The van der Waals surface area contributed by atoms with Gasteiger partial charge < -0.3 is 9.47 Å². The summed E-state index contributed by atoms with van der Waals surface area (Å²) in [6, 6.07) is 8.35. The van der Waals surface area contributed by atoms with Gasteiger partial charge in [-0.25, -0.2) is 0 Å². The van der Waals surface area contributed by atoms with Crippen LogP contribution in [0.2, 0.25) is 0 Å². The van der Waals surface area contributed by atoms with E-state index in [9.17, 15) is 0 Å². The van der Waals surface area contributed by atoms with E-state index >= 15 is 0 Å². The molecule has 0 aliphatic heterocycles. The van der Waals surface area contributed by atoms with Crippen molar-refractivity contribution in [2.75, 3.05) is 6.61 Å². The Morgan fingerprint density at radius 3 is 1.68 bits per heavy atom. The highest BCUT2D eigenvalue weighted by Gasteiger charge is 2.14. The topological polar surface area (TPSA) is 18.5 Å². The first-order chi connectivity index (χ1) is 12.4. The zero-order chi connectivity index (χ0) is 17.2. The fourth-order valence-corrected chi connectivity index (χ4v) is 4.26. The van der Waals surface area contributed by atoms with Gasteiger partial charge in [-0.05, 0) is 68.7 Å². The molecule has 0 N–H and O–H groups in total. The standard InChI is InChI=1S/C23H36O2/c1-3-7-11-20(12-8-4-1)19-24-21-15-17-23(18-16-21)25-22-13-9-5-2-6-10-14-22/h15-18,20,22H,1-14,19H2. The van der Waals surface area contributed by atoms with Crippen LogP contribution in [0.5, 0.6) is 11.5 Å². The molecule has 0 spiro atoms. The van der Waals surface area contributed by atoms with Gasteiger partial charge in [-0.15, -0.1) is 0 Å². The maximum Gasteiger partial charge on any atom is 0.119 e. The lowest BCUT2D eigenvalue weighted by molar-refractivity contribution is 0.166. The van der Waals surface area contributed by atoms with Crippen LogP contribution in [-0.2, 0) is 0 Å². The molecule has 3 rings (SSSR count). The smallest absolute Gasteiger partial charge is 0.119 e. The van der Waals surface area contributed by atoms with Gasteiger partial charge >= 0.3 is 0 Å². The molecule has 0 saturated heterocycles. The van der Waals surface area contributed by atoms with Crippen LogP contribution < -0.4 is 9.47 Å². The van der Waals surface area contributed by atoms with E-state index in [1.54, 1.807) is 0 Å². The third-order valence-electron chi connectivity index (χ3n) is 5.89. The minimum absolute atomic E-state index is 0.405. The van der Waals surface area contributed by atoms with E-state index in [4.69, 9.17) is 9.47 Å². The minimum Gasteiger partial charge on any atom is -0.493 e. The first-order valence-electron chi connectivity index (χ1n) is 10.8. The first-order valence-corrected chi connectivity index (χ1v) is 10.8. The van der Waals surface area contributed by atoms with Crippen molar-refractivity contribution in [2.45, 2.75) is 96.0 Å². The van der Waals surface area contributed by atoms with Crippen molar-refractivity contribution in [1.29, 1.82) is 0 Å². The van der Waals surface area contributed by atoms with E-state index < -0.39 is 0 Å². The molecular formula is C23H36O2. The van der Waals surface area contributed by atoms with Gasteiger partial charge in [-0.1, -0.05) is 51.4 Å². The van der Waals surface area contributed by atoms with Crippen molar-refractivity contribution >= 4 is 0 Å². The molecule has 2 fully saturated rings. The highest BCUT2D eigenvalue weighted by atomic mass is 16.5. The molecule has 0 atom stereocenters. The van der Waals surface area contributed by atoms with Crippen LogP contribution in [0.4, 0.5) is 0 Å². The van der Waals surface area contributed by atoms with Crippen molar-refractivity contribution in [1.82, 2.24) is 0 Å². The second kappa shape index (κ2) is 10.7. The predicted molar refractivity (Wildman–Crippen MR) is 104 cm³/mol. The maximum atomic E-state index is 6.22. The van der Waals surface area contributed by atoms with E-state index in [1.807, 2.05) is 0 Å². The second-order valence-corrected chi connectivity index (χ2v) is 8.08. The monoisotopic (exact) mass is 344 g/mol. The Morgan fingerprint density at radius 2 is 1.08 bits per heavy atom. The van der Waals surface area contributed by atoms with Crippen molar-refractivity contribution in [3.63, 3.8) is 0 Å². The van der Waals surface area contributed by atoms with E-state index in [0.29, 0.717) is 6.10 Å². The fraction of sp³-hybridized carbons (Fsp3) is 0.739. The number of hydrogen-bond acceptors (Lipinski definition) is 2. The molecule has 1 aromatic rings. The third-order valence-corrected chi connectivity index (χ3v) is 5.89. The van der Waals surface area contributed by atoms with Crippen molar-refractivity contribution in [3.05, 3.63) is 24.3 Å². The van der Waals surface area contributed by atoms with Gasteiger partial charge in [-0.2, -0.15) is 0 Å². The molecule has 1 aromatic carbocycles. The Balaban J connectivity index is 1.43. The number of rotatable bonds is 5. The summed E-state index contributed by atoms with van der Waals surface area (Å²) in [5, 5.41) is 0. The number of ether oxygens (including phenoxy) is 2. The Bertz CT molecular complexity index is 451. The summed E-state index contributed by atoms with van der Waals surface area (Å²) in [7, 11) is 0. The lowest BCUT2D eigenvalue weighted by Gasteiger charge is -2.22. The largest absolute Gasteiger partial charge is 0.493 e. The van der Waals surface area contributed by atoms with Crippen LogP contribution in [0.3, 0.4) is 0 Å². The summed E-state index contributed by atoms with van der Waals surface area (Å²) in [6.07, 6.45) is 19.3. The van der Waals surface area contributed by atoms with Crippen LogP contribution in [0, 0.1) is 5.92 Å². The highest BCUT2D eigenvalue weighted by Crippen LogP contribution is 2.26. The molecule has 2 nitrogen and oxygen atoms in total. The number of benzene rings is 1. The molecule has 2 aliphatic rings. The summed E-state index contributed by atoms with van der Waals surface area (Å²) >= 11 is 0. The Morgan fingerprint density at radius 1 is 0.600 bits per heavy atom. The predicted octanol–water partition coefficient (Wildman–Crippen LogP) is 6.92. The zero-order valence-corrected chi connectivity index (χ0v) is 15.9. The molecule has 2 heteroatoms. The van der Waals surface area contributed by atoms with Crippen molar-refractivity contribution in [3.8, 4) is 11.5 Å². The van der Waals surface area contributed by atoms with Crippen LogP contribution >= 0.6 is 0 Å². The van der Waals surface area contributed by atoms with Crippen molar-refractivity contribution in [2.24, 2.45) is 5.92 Å². The van der Waals surface area contributed by atoms with Gasteiger partial charge in [0.15, 0.2) is 0 Å². The molecule has 25 heavy (non-hydrogen) atoms. The molecule has 0 unspecified atom stereocenters. The molecule has 0 radical (unpaired) electrons. The summed E-state index contributed by atoms with van der Waals surface area (Å²) in [5.74, 6) is 2.74. The molecule has 0 amide bonds. The number of hydrogen-bond donors (Lipinski definition) is 0. The summed E-state index contributed by atoms with van der Waals surface area (Å²) in [6.45, 7) is 0.878. The molecule has 140 valence electrons. The molecule has 0 aromatic heterocycles. The molecule has 2 aliphatic carbocycles. The van der Waals surface area contributed by atoms with Gasteiger partial charge in [0, 0.05) is 0 Å². The van der Waals surface area contributed by atoms with Gasteiger partial charge in [0.25, 0.3) is 0 Å². The van der Waals surface area contributed by atoms with Crippen LogP contribution in [0.15, 0.2) is 24.3 Å². The average Bonchev–Trinajstić information content (AvgIpc) is 2.57. The summed E-state index contributed by atoms with van der Waals surface area (Å²) < 4.78 is 12.3. The normalized spacial score (nSPS) is 21.6. The Hall–Kier alpha value is -1.18. The zero-order valence-electron chi connectivity index (χ0n) is 15.9. The second-order valence-electron chi connectivity index (χ2n) is 8.08. The van der Waals surface area contributed by atoms with Gasteiger partial charge in [0.1, 0.15) is 11.5 Å². The molecule has 0 heterocycles. The Labute approximate surface area is 154 Å². The maximum absolute atomic E-state index is 6.22. The van der Waals surface area contributed by atoms with Crippen LogP contribution in [0.25, 0.3) is 0 Å². The highest BCUT2D eigenvalue weighted by molar-refractivity contribution is 5.31. The molecule has 2 saturated carbocycles. The quantitative estimate of drug-likeness (QED) is 0.577. The van der Waals surface area contributed by atoms with Crippen LogP contribution in [0.1, 0.15) is 89.9 Å². The fourth-order valence-electron chi connectivity index (χ4n) is 4.26. The third kappa shape index (κ3) is 6.92. The van der Waals surface area contributed by atoms with Gasteiger partial charge in [0.2, 0.25) is 0 Å². The van der Waals surface area contributed by atoms with E-state index in [0.717, 1.165) is 24.0 Å². The van der Waals surface area contributed by atoms with Gasteiger partial charge in [-0.3, -0.25) is 0 Å². The minimum atomic E-state index is 0.405. The average molecular weight is 345 g/mol. The summed E-state index contributed by atoms with van der Waals surface area (Å²) in [5.41, 5.74) is 0. The van der Waals surface area contributed by atoms with E-state index in [1.165, 1.54) is 89.9 Å². The lowest BCUT2D eigenvalue weighted by Crippen LogP contribution is -2.17. The lowest BCUT2D eigenvalue weighted by atomic mass is 9.92. The van der Waals surface area contributed by atoms with E-state index in [-0.39, 0.29) is 0 Å². The first kappa shape index (κ1) is 18.6. The summed E-state index contributed by atoms with van der Waals surface area (Å²) in [4.78, 5) is 0.